The average Bonchev–Trinajstić information content (AvgIpc) is 1.50. The first kappa shape index (κ1) is 22.5. The Hall–Kier alpha value is 3.95. The summed E-state index contributed by atoms with van der Waals surface area (Å²) in [5, 5.41) is 0. The van der Waals surface area contributed by atoms with Crippen molar-refractivity contribution >= 4 is 127 Å². The minimum Gasteiger partial charge on any atom is -0.333 e. The van der Waals surface area contributed by atoms with Gasteiger partial charge in [-0.05, 0) is 16.0 Å². The van der Waals surface area contributed by atoms with Gasteiger partial charge in [0.1, 0.15) is 0 Å². The molecule has 0 aromatic carbocycles. The minimum absolute atomic E-state index is 0. The van der Waals surface area contributed by atoms with Crippen LogP contribution < -0.4 is 5.73 Å². The van der Waals surface area contributed by atoms with Crippen LogP contribution in [0.25, 0.3) is 0 Å². The van der Waals surface area contributed by atoms with Crippen LogP contribution in [0.3, 0.4) is 0 Å². The number of halogens is 2. The van der Waals surface area contributed by atoms with E-state index >= 15 is 0 Å². The van der Waals surface area contributed by atoms with E-state index in [1.54, 1.807) is 21.5 Å². The van der Waals surface area contributed by atoms with Gasteiger partial charge in [-0.3, -0.25) is 0 Å². The molecular formula is CH5ClCsINPb. The molecule has 0 aliphatic heterocycles. The zero-order valence-electron chi connectivity index (χ0n) is 3.83. The van der Waals surface area contributed by atoms with Crippen molar-refractivity contribution in [1.29, 1.82) is 0 Å². The van der Waals surface area contributed by atoms with E-state index < -0.39 is 0 Å². The van der Waals surface area contributed by atoms with Crippen LogP contribution in [0.5, 0.6) is 0 Å². The monoisotopic (exact) mass is 534 g/mol. The van der Waals surface area contributed by atoms with Crippen molar-refractivity contribution < 1.29 is 0 Å². The van der Waals surface area contributed by atoms with Crippen molar-refractivity contribution in [2.24, 2.45) is 5.73 Å². The summed E-state index contributed by atoms with van der Waals surface area (Å²) in [6, 6.07) is 0. The fraction of sp³-hybridized carbons (Fsp3) is 1.00. The third kappa shape index (κ3) is 24.6. The molecule has 0 aliphatic rings. The summed E-state index contributed by atoms with van der Waals surface area (Å²) in [5.74, 6) is 0. The Morgan fingerprint density at radius 1 is 1.33 bits per heavy atom. The van der Waals surface area contributed by atoms with Gasteiger partial charge in [0, 0.05) is 118 Å². The second-order valence-corrected chi connectivity index (χ2v) is 0. The second kappa shape index (κ2) is 36.2. The van der Waals surface area contributed by atoms with E-state index in [-0.39, 0.29) is 96.2 Å². The minimum atomic E-state index is 0. The van der Waals surface area contributed by atoms with E-state index in [2.05, 4.69) is 14.6 Å². The molecule has 5 radical (unpaired) electrons. The van der Waals surface area contributed by atoms with Gasteiger partial charge in [0.25, 0.3) is 0 Å². The fourth-order valence-electron chi connectivity index (χ4n) is 0. The van der Waals surface area contributed by atoms with E-state index in [4.69, 9.17) is 0 Å². The Balaban J connectivity index is -0.00000000500. The summed E-state index contributed by atoms with van der Waals surface area (Å²) < 4.78 is 0. The number of nitrogens with two attached hydrogens (primary N) is 1. The number of hydrogen-bond donors (Lipinski definition) is 1. The molecular weight excluding hydrogens is 528 g/mol. The van der Waals surface area contributed by atoms with E-state index in [0.717, 1.165) is 0 Å². The van der Waals surface area contributed by atoms with Gasteiger partial charge in [0.05, 0.1) is 0 Å². The molecule has 0 saturated carbocycles. The van der Waals surface area contributed by atoms with Gasteiger partial charge in [-0.2, -0.15) is 0 Å². The van der Waals surface area contributed by atoms with Gasteiger partial charge >= 0.3 is 0 Å². The van der Waals surface area contributed by atoms with Gasteiger partial charge < -0.3 is 5.73 Å². The summed E-state index contributed by atoms with van der Waals surface area (Å²) in [5.41, 5.74) is 4.50. The molecule has 0 atom stereocenters. The molecule has 0 heterocycles. The Labute approximate surface area is 135 Å². The molecule has 2 N–H and O–H groups in total. The largest absolute Gasteiger partial charge is 0.333 e. The van der Waals surface area contributed by atoms with Crippen molar-refractivity contribution in [3.8, 4) is 0 Å². The normalized spacial score (nSPS) is 2.00. The SMILES string of the molecule is CN.ClI.[Cs].[Pb]. The molecule has 0 aromatic heterocycles. The first-order valence-corrected chi connectivity index (χ1v) is 3.45. The van der Waals surface area contributed by atoms with Crippen molar-refractivity contribution in [1.82, 2.24) is 0 Å². The first-order chi connectivity index (χ1) is 2.00. The Morgan fingerprint density at radius 3 is 1.33 bits per heavy atom. The zero-order chi connectivity index (χ0) is 4.00. The van der Waals surface area contributed by atoms with E-state index in [9.17, 15) is 0 Å². The summed E-state index contributed by atoms with van der Waals surface area (Å²) >= 11 is 1.62. The smallest absolute Gasteiger partial charge is 0.0425 e. The molecule has 0 spiro atoms. The predicted octanol–water partition coefficient (Wildman–Crippen LogP) is 0.389. The predicted molar refractivity (Wildman–Crippen MR) is 41.5 cm³/mol. The maximum absolute atomic E-state index is 4.61. The average molecular weight is 534 g/mol. The molecule has 6 heavy (non-hydrogen) atoms. The summed E-state index contributed by atoms with van der Waals surface area (Å²) in [6.45, 7) is 0. The first-order valence-electron chi connectivity index (χ1n) is 0.720. The number of hydrogen-bond acceptors (Lipinski definition) is 1. The zero-order valence-corrected chi connectivity index (χ0v) is 16.9. The second-order valence-electron chi connectivity index (χ2n) is 0. The third-order valence-electron chi connectivity index (χ3n) is 0. The Bertz CT molecular complexity index is 15.5. The quantitative estimate of drug-likeness (QED) is 0.354. The van der Waals surface area contributed by atoms with Crippen LogP contribution in [0.4, 0.5) is 0 Å². The van der Waals surface area contributed by atoms with Crippen LogP contribution in [0.1, 0.15) is 0 Å². The van der Waals surface area contributed by atoms with Crippen molar-refractivity contribution in [3.05, 3.63) is 0 Å². The standard InChI is InChI=1S/CH5N.ClI.Cs.Pb/c2*1-2;;/h2H2,1H3;;;. The van der Waals surface area contributed by atoms with Crippen molar-refractivity contribution in [2.75, 3.05) is 7.05 Å². The van der Waals surface area contributed by atoms with Gasteiger partial charge in [-0.25, -0.2) is 0 Å². The molecule has 0 bridgehead atoms. The van der Waals surface area contributed by atoms with Crippen LogP contribution in [-0.2, 0) is 0 Å². The molecule has 0 aromatic rings. The van der Waals surface area contributed by atoms with Crippen molar-refractivity contribution in [2.45, 2.75) is 0 Å². The van der Waals surface area contributed by atoms with Crippen molar-refractivity contribution in [3.63, 3.8) is 0 Å². The molecule has 1 nitrogen and oxygen atoms in total. The maximum atomic E-state index is 4.61. The van der Waals surface area contributed by atoms with Crippen LogP contribution in [-0.4, -0.2) is 103 Å². The molecule has 0 aliphatic carbocycles. The third-order valence-corrected chi connectivity index (χ3v) is 0. The molecule has 0 amide bonds. The van der Waals surface area contributed by atoms with Gasteiger partial charge in [0.2, 0.25) is 0 Å². The maximum Gasteiger partial charge on any atom is 0.0425 e. The van der Waals surface area contributed by atoms with E-state index in [0.29, 0.717) is 0 Å². The fourth-order valence-corrected chi connectivity index (χ4v) is 0. The van der Waals surface area contributed by atoms with Crippen LogP contribution >= 0.6 is 30.4 Å². The van der Waals surface area contributed by atoms with E-state index in [1.807, 2.05) is 0 Å². The van der Waals surface area contributed by atoms with Gasteiger partial charge in [0.15, 0.2) is 0 Å². The molecule has 0 saturated heterocycles. The molecule has 5 heteroatoms. The Kier molecular flexibility index (Phi) is 136. The summed E-state index contributed by atoms with van der Waals surface area (Å²) in [7, 11) is 6.11. The summed E-state index contributed by atoms with van der Waals surface area (Å²) in [6.07, 6.45) is 0. The van der Waals surface area contributed by atoms with Crippen LogP contribution in [0.2, 0.25) is 0 Å². The molecule has 0 fully saturated rings. The molecule has 0 unspecified atom stereocenters. The molecule has 33 valence electrons. The van der Waals surface area contributed by atoms with E-state index in [1.165, 1.54) is 7.05 Å². The topological polar surface area (TPSA) is 26.0 Å². The number of rotatable bonds is 0. The molecule has 0 rings (SSSR count). The van der Waals surface area contributed by atoms with Crippen LogP contribution in [0, 0.1) is 0 Å². The van der Waals surface area contributed by atoms with Gasteiger partial charge in [-0.15, -0.1) is 0 Å². The van der Waals surface area contributed by atoms with Crippen LogP contribution in [0.15, 0.2) is 0 Å². The van der Waals surface area contributed by atoms with Gasteiger partial charge in [-0.1, -0.05) is 0 Å². The summed E-state index contributed by atoms with van der Waals surface area (Å²) in [4.78, 5) is 0. The Morgan fingerprint density at radius 2 is 1.33 bits per heavy atom.